The van der Waals surface area contributed by atoms with Gasteiger partial charge in [0.05, 0.1) is 11.4 Å². The molecule has 4 heteroatoms. The highest BCUT2D eigenvalue weighted by molar-refractivity contribution is 6.12. The Bertz CT molecular complexity index is 948. The lowest BCUT2D eigenvalue weighted by Gasteiger charge is -2.25. The SMILES string of the molecule is CCN(CC)Cc1ccc(C(=O)N2c3ccccc3CCc3ccccc32)cc1.Cl. The maximum absolute atomic E-state index is 13.6. The lowest BCUT2D eigenvalue weighted by Crippen LogP contribution is -2.27. The van der Waals surface area contributed by atoms with Crippen molar-refractivity contribution in [3.05, 3.63) is 95.1 Å². The molecule has 0 saturated carbocycles. The Labute approximate surface area is 185 Å². The van der Waals surface area contributed by atoms with Gasteiger partial charge in [0.1, 0.15) is 0 Å². The number of fused-ring (bicyclic) bond motifs is 2. The molecule has 30 heavy (non-hydrogen) atoms. The Morgan fingerprint density at radius 3 is 1.80 bits per heavy atom. The van der Waals surface area contributed by atoms with E-state index in [9.17, 15) is 4.79 Å². The number of aryl methyl sites for hydroxylation is 2. The number of halogens is 1. The van der Waals surface area contributed by atoms with Gasteiger partial charge in [-0.3, -0.25) is 14.6 Å². The number of rotatable bonds is 5. The van der Waals surface area contributed by atoms with Crippen molar-refractivity contribution in [2.24, 2.45) is 0 Å². The Balaban J connectivity index is 0.00000256. The molecule has 0 bridgehead atoms. The molecule has 0 N–H and O–H groups in total. The van der Waals surface area contributed by atoms with Crippen LogP contribution in [0.1, 0.15) is 40.9 Å². The molecule has 0 unspecified atom stereocenters. The smallest absolute Gasteiger partial charge is 0.262 e. The van der Waals surface area contributed by atoms with Gasteiger partial charge in [-0.1, -0.05) is 62.4 Å². The van der Waals surface area contributed by atoms with Crippen LogP contribution in [0, 0.1) is 0 Å². The highest BCUT2D eigenvalue weighted by Crippen LogP contribution is 2.37. The summed E-state index contributed by atoms with van der Waals surface area (Å²) in [5, 5.41) is 0. The van der Waals surface area contributed by atoms with Crippen LogP contribution in [-0.2, 0) is 19.4 Å². The molecule has 0 atom stereocenters. The molecular weight excluding hydrogens is 392 g/mol. The summed E-state index contributed by atoms with van der Waals surface area (Å²) in [5.74, 6) is 0.0289. The van der Waals surface area contributed by atoms with Gasteiger partial charge in [0.15, 0.2) is 0 Å². The summed E-state index contributed by atoms with van der Waals surface area (Å²) in [6.45, 7) is 7.32. The summed E-state index contributed by atoms with van der Waals surface area (Å²) in [7, 11) is 0. The van der Waals surface area contributed by atoms with E-state index in [1.165, 1.54) is 16.7 Å². The van der Waals surface area contributed by atoms with Crippen LogP contribution in [0.5, 0.6) is 0 Å². The van der Waals surface area contributed by atoms with Gasteiger partial charge in [-0.2, -0.15) is 0 Å². The van der Waals surface area contributed by atoms with Gasteiger partial charge in [-0.15, -0.1) is 12.4 Å². The summed E-state index contributed by atoms with van der Waals surface area (Å²) in [5.41, 5.74) is 6.39. The first-order valence-corrected chi connectivity index (χ1v) is 10.5. The Morgan fingerprint density at radius 1 is 0.800 bits per heavy atom. The van der Waals surface area contributed by atoms with Crippen LogP contribution in [-0.4, -0.2) is 23.9 Å². The molecular formula is C26H29ClN2O. The van der Waals surface area contributed by atoms with E-state index < -0.39 is 0 Å². The number of carbonyl (C=O) groups excluding carboxylic acids is 1. The van der Waals surface area contributed by atoms with Crippen molar-refractivity contribution in [3.8, 4) is 0 Å². The number of anilines is 2. The van der Waals surface area contributed by atoms with Crippen molar-refractivity contribution >= 4 is 29.7 Å². The topological polar surface area (TPSA) is 23.6 Å². The first kappa shape index (κ1) is 22.1. The molecule has 1 heterocycles. The largest absolute Gasteiger partial charge is 0.300 e. The van der Waals surface area contributed by atoms with Crippen LogP contribution in [0.25, 0.3) is 0 Å². The number of hydrogen-bond donors (Lipinski definition) is 0. The molecule has 0 aliphatic carbocycles. The predicted molar refractivity (Wildman–Crippen MR) is 127 cm³/mol. The van der Waals surface area contributed by atoms with Crippen LogP contribution < -0.4 is 4.90 Å². The van der Waals surface area contributed by atoms with Gasteiger partial charge in [-0.05, 0) is 66.9 Å². The molecule has 0 fully saturated rings. The molecule has 1 amide bonds. The summed E-state index contributed by atoms with van der Waals surface area (Å²) >= 11 is 0. The van der Waals surface area contributed by atoms with E-state index in [-0.39, 0.29) is 18.3 Å². The number of hydrogen-bond acceptors (Lipinski definition) is 2. The first-order chi connectivity index (χ1) is 14.2. The molecule has 156 valence electrons. The summed E-state index contributed by atoms with van der Waals surface area (Å²) in [6.07, 6.45) is 1.89. The molecule has 0 aromatic heterocycles. The zero-order chi connectivity index (χ0) is 20.2. The fourth-order valence-corrected chi connectivity index (χ4v) is 4.09. The van der Waals surface area contributed by atoms with E-state index in [0.717, 1.165) is 49.4 Å². The number of carbonyl (C=O) groups is 1. The van der Waals surface area contributed by atoms with E-state index in [1.54, 1.807) is 0 Å². The van der Waals surface area contributed by atoms with Crippen LogP contribution in [0.15, 0.2) is 72.8 Å². The maximum atomic E-state index is 13.6. The second kappa shape index (κ2) is 9.92. The second-order valence-electron chi connectivity index (χ2n) is 7.56. The third-order valence-corrected chi connectivity index (χ3v) is 5.83. The van der Waals surface area contributed by atoms with Crippen molar-refractivity contribution < 1.29 is 4.79 Å². The molecule has 0 spiro atoms. The van der Waals surface area contributed by atoms with E-state index in [0.29, 0.717) is 0 Å². The van der Waals surface area contributed by atoms with E-state index >= 15 is 0 Å². The Hall–Kier alpha value is -2.62. The summed E-state index contributed by atoms with van der Waals surface area (Å²) in [4.78, 5) is 17.9. The Kier molecular flexibility index (Phi) is 7.30. The van der Waals surface area contributed by atoms with Crippen LogP contribution >= 0.6 is 12.4 Å². The van der Waals surface area contributed by atoms with E-state index in [2.05, 4.69) is 67.3 Å². The van der Waals surface area contributed by atoms with Gasteiger partial charge in [0.2, 0.25) is 0 Å². The van der Waals surface area contributed by atoms with Crippen molar-refractivity contribution in [2.45, 2.75) is 33.2 Å². The molecule has 0 saturated heterocycles. The third-order valence-electron chi connectivity index (χ3n) is 5.83. The lowest BCUT2D eigenvalue weighted by molar-refractivity contribution is 0.0999. The molecule has 1 aliphatic heterocycles. The monoisotopic (exact) mass is 420 g/mol. The average Bonchev–Trinajstić information content (AvgIpc) is 2.94. The minimum atomic E-state index is 0. The van der Waals surface area contributed by atoms with Crippen LogP contribution in [0.2, 0.25) is 0 Å². The van der Waals surface area contributed by atoms with Crippen LogP contribution in [0.3, 0.4) is 0 Å². The highest BCUT2D eigenvalue weighted by atomic mass is 35.5. The molecule has 3 nitrogen and oxygen atoms in total. The summed E-state index contributed by atoms with van der Waals surface area (Å²) in [6, 6.07) is 24.6. The van der Waals surface area contributed by atoms with Crippen molar-refractivity contribution in [1.82, 2.24) is 4.90 Å². The van der Waals surface area contributed by atoms with Gasteiger partial charge < -0.3 is 0 Å². The van der Waals surface area contributed by atoms with Crippen molar-refractivity contribution in [2.75, 3.05) is 18.0 Å². The van der Waals surface area contributed by atoms with Gasteiger partial charge in [-0.25, -0.2) is 0 Å². The molecule has 0 radical (unpaired) electrons. The number of para-hydroxylation sites is 2. The molecule has 1 aliphatic rings. The van der Waals surface area contributed by atoms with Crippen molar-refractivity contribution in [3.63, 3.8) is 0 Å². The van der Waals surface area contributed by atoms with Gasteiger partial charge >= 0.3 is 0 Å². The normalized spacial score (nSPS) is 12.6. The van der Waals surface area contributed by atoms with E-state index in [1.807, 2.05) is 29.2 Å². The average molecular weight is 421 g/mol. The quantitative estimate of drug-likeness (QED) is 0.503. The van der Waals surface area contributed by atoms with Crippen molar-refractivity contribution in [1.29, 1.82) is 0 Å². The Morgan fingerprint density at radius 2 is 1.30 bits per heavy atom. The fraction of sp³-hybridized carbons (Fsp3) is 0.269. The zero-order valence-electron chi connectivity index (χ0n) is 17.7. The predicted octanol–water partition coefficient (Wildman–Crippen LogP) is 6.03. The minimum absolute atomic E-state index is 0. The molecule has 3 aromatic carbocycles. The third kappa shape index (κ3) is 4.43. The highest BCUT2D eigenvalue weighted by Gasteiger charge is 2.26. The summed E-state index contributed by atoms with van der Waals surface area (Å²) < 4.78 is 0. The maximum Gasteiger partial charge on any atom is 0.262 e. The number of amides is 1. The lowest BCUT2D eigenvalue weighted by atomic mass is 10.0. The number of benzene rings is 3. The van der Waals surface area contributed by atoms with Gasteiger partial charge in [0.25, 0.3) is 5.91 Å². The minimum Gasteiger partial charge on any atom is -0.300 e. The second-order valence-corrected chi connectivity index (χ2v) is 7.56. The van der Waals surface area contributed by atoms with Crippen LogP contribution in [0.4, 0.5) is 11.4 Å². The fourth-order valence-electron chi connectivity index (χ4n) is 4.09. The molecule has 3 aromatic rings. The number of nitrogens with zero attached hydrogens (tertiary/aromatic N) is 2. The van der Waals surface area contributed by atoms with E-state index in [4.69, 9.17) is 0 Å². The zero-order valence-corrected chi connectivity index (χ0v) is 18.5. The standard InChI is InChI=1S/C26H28N2O.ClH/c1-3-27(4-2)19-20-13-15-23(16-14-20)26(29)28-24-11-7-5-9-21(24)17-18-22-10-6-8-12-25(22)28;/h5-16H,3-4,17-19H2,1-2H3;1H. The molecule has 4 rings (SSSR count). The van der Waals surface area contributed by atoms with Gasteiger partial charge in [0, 0.05) is 12.1 Å². The first-order valence-electron chi connectivity index (χ1n) is 10.5.